The van der Waals surface area contributed by atoms with Crippen molar-refractivity contribution in [3.63, 3.8) is 0 Å². The largest absolute Gasteiger partial charge is 0.481 e. The second-order valence-corrected chi connectivity index (χ2v) is 8.36. The number of rotatable bonds is 14. The SMILES string of the molecule is CCNC(=O)[C@H](Cc1ccccc1)NC(=O)[C@H](CC(=O)O)NC(=O)CCNC(=O)c1ccc(C(=N)N)cc1. The van der Waals surface area contributed by atoms with Crippen LogP contribution in [0.25, 0.3) is 0 Å². The minimum atomic E-state index is -1.43. The first-order valence-electron chi connectivity index (χ1n) is 12.0. The lowest BCUT2D eigenvalue weighted by molar-refractivity contribution is -0.141. The Morgan fingerprint density at radius 3 is 2.08 bits per heavy atom. The summed E-state index contributed by atoms with van der Waals surface area (Å²) in [7, 11) is 0. The van der Waals surface area contributed by atoms with Crippen molar-refractivity contribution in [2.75, 3.05) is 13.1 Å². The number of hydrogen-bond donors (Lipinski definition) is 7. The lowest BCUT2D eigenvalue weighted by atomic mass is 10.0. The van der Waals surface area contributed by atoms with Crippen molar-refractivity contribution in [2.24, 2.45) is 5.73 Å². The first-order valence-corrected chi connectivity index (χ1v) is 12.0. The fourth-order valence-corrected chi connectivity index (χ4v) is 3.47. The Labute approximate surface area is 219 Å². The van der Waals surface area contributed by atoms with Crippen LogP contribution in [0.1, 0.15) is 41.3 Å². The second kappa shape index (κ2) is 14.7. The molecule has 2 aromatic rings. The summed E-state index contributed by atoms with van der Waals surface area (Å²) in [6, 6.07) is 12.6. The van der Waals surface area contributed by atoms with Gasteiger partial charge in [-0.1, -0.05) is 42.5 Å². The number of nitrogens with one attached hydrogen (secondary N) is 5. The quantitative estimate of drug-likeness (QED) is 0.132. The average Bonchev–Trinajstić information content (AvgIpc) is 2.88. The van der Waals surface area contributed by atoms with Crippen LogP contribution < -0.4 is 27.0 Å². The van der Waals surface area contributed by atoms with Gasteiger partial charge in [0.05, 0.1) is 6.42 Å². The molecule has 2 atom stereocenters. The van der Waals surface area contributed by atoms with Gasteiger partial charge >= 0.3 is 5.97 Å². The summed E-state index contributed by atoms with van der Waals surface area (Å²) in [6.07, 6.45) is -0.740. The number of carboxylic acid groups (broad SMARTS) is 1. The van der Waals surface area contributed by atoms with Gasteiger partial charge in [-0.25, -0.2) is 0 Å². The molecule has 0 bridgehead atoms. The van der Waals surface area contributed by atoms with Crippen LogP contribution in [-0.4, -0.2) is 65.7 Å². The highest BCUT2D eigenvalue weighted by molar-refractivity contribution is 5.98. The lowest BCUT2D eigenvalue weighted by Gasteiger charge is -2.22. The van der Waals surface area contributed by atoms with Gasteiger partial charge in [0, 0.05) is 37.1 Å². The molecule has 38 heavy (non-hydrogen) atoms. The molecule has 12 nitrogen and oxygen atoms in total. The average molecular weight is 525 g/mol. The molecule has 12 heteroatoms. The Morgan fingerprint density at radius 2 is 1.50 bits per heavy atom. The Hall–Kier alpha value is -4.74. The van der Waals surface area contributed by atoms with Crippen molar-refractivity contribution < 1.29 is 29.1 Å². The number of nitrogen functional groups attached to an aromatic ring is 1. The third-order valence-electron chi connectivity index (χ3n) is 5.39. The number of nitrogens with two attached hydrogens (primary N) is 1. The summed E-state index contributed by atoms with van der Waals surface area (Å²) in [5, 5.41) is 26.7. The number of aliphatic carboxylic acids is 1. The molecule has 8 N–H and O–H groups in total. The maximum absolute atomic E-state index is 12.9. The van der Waals surface area contributed by atoms with Crippen molar-refractivity contribution in [1.82, 2.24) is 21.3 Å². The Kier molecular flexibility index (Phi) is 11.4. The van der Waals surface area contributed by atoms with Crippen LogP contribution in [0.5, 0.6) is 0 Å². The highest BCUT2D eigenvalue weighted by Gasteiger charge is 2.28. The monoisotopic (exact) mass is 524 g/mol. The van der Waals surface area contributed by atoms with Crippen molar-refractivity contribution in [1.29, 1.82) is 5.41 Å². The molecule has 0 aromatic heterocycles. The fourth-order valence-electron chi connectivity index (χ4n) is 3.47. The van der Waals surface area contributed by atoms with E-state index in [0.29, 0.717) is 17.7 Å². The van der Waals surface area contributed by atoms with Gasteiger partial charge in [0.1, 0.15) is 17.9 Å². The number of amides is 4. The molecule has 0 aliphatic carbocycles. The molecular formula is C26H32N6O6. The van der Waals surface area contributed by atoms with Gasteiger partial charge in [-0.2, -0.15) is 0 Å². The third-order valence-corrected chi connectivity index (χ3v) is 5.39. The van der Waals surface area contributed by atoms with Gasteiger partial charge in [0.15, 0.2) is 0 Å². The van der Waals surface area contributed by atoms with E-state index in [-0.39, 0.29) is 25.2 Å². The highest BCUT2D eigenvalue weighted by atomic mass is 16.4. The minimum absolute atomic E-state index is 0.0733. The van der Waals surface area contributed by atoms with E-state index in [1.54, 1.807) is 31.2 Å². The molecule has 0 radical (unpaired) electrons. The van der Waals surface area contributed by atoms with Crippen molar-refractivity contribution in [3.05, 3.63) is 71.3 Å². The zero-order valence-electron chi connectivity index (χ0n) is 21.0. The van der Waals surface area contributed by atoms with Gasteiger partial charge in [0.25, 0.3) is 5.91 Å². The predicted molar refractivity (Wildman–Crippen MR) is 139 cm³/mol. The van der Waals surface area contributed by atoms with Crippen LogP contribution >= 0.6 is 0 Å². The van der Waals surface area contributed by atoms with Gasteiger partial charge in [-0.05, 0) is 24.6 Å². The Morgan fingerprint density at radius 1 is 0.868 bits per heavy atom. The van der Waals surface area contributed by atoms with E-state index in [1.807, 2.05) is 6.07 Å². The number of hydrogen-bond acceptors (Lipinski definition) is 6. The number of carboxylic acids is 1. The minimum Gasteiger partial charge on any atom is -0.481 e. The molecular weight excluding hydrogens is 492 g/mol. The van der Waals surface area contributed by atoms with E-state index in [1.165, 1.54) is 24.3 Å². The lowest BCUT2D eigenvalue weighted by Crippen LogP contribution is -2.55. The highest BCUT2D eigenvalue weighted by Crippen LogP contribution is 2.06. The zero-order chi connectivity index (χ0) is 28.1. The third kappa shape index (κ3) is 9.72. The number of amidine groups is 1. The van der Waals surface area contributed by atoms with Crippen LogP contribution in [-0.2, 0) is 25.6 Å². The maximum atomic E-state index is 12.9. The van der Waals surface area contributed by atoms with E-state index in [4.69, 9.17) is 11.1 Å². The van der Waals surface area contributed by atoms with E-state index < -0.39 is 48.1 Å². The van der Waals surface area contributed by atoms with Gasteiger partial charge < -0.3 is 32.1 Å². The van der Waals surface area contributed by atoms with Gasteiger partial charge in [0.2, 0.25) is 17.7 Å². The second-order valence-electron chi connectivity index (χ2n) is 8.36. The van der Waals surface area contributed by atoms with Crippen LogP contribution in [0.3, 0.4) is 0 Å². The summed E-state index contributed by atoms with van der Waals surface area (Å²) in [6.45, 7) is 1.99. The van der Waals surface area contributed by atoms with Crippen LogP contribution in [0, 0.1) is 5.41 Å². The van der Waals surface area contributed by atoms with E-state index in [0.717, 1.165) is 5.56 Å². The molecule has 0 saturated carbocycles. The molecule has 0 saturated heterocycles. The molecule has 202 valence electrons. The molecule has 0 aliphatic rings. The molecule has 0 unspecified atom stereocenters. The zero-order valence-corrected chi connectivity index (χ0v) is 21.0. The van der Waals surface area contributed by atoms with Crippen LogP contribution in [0.15, 0.2) is 54.6 Å². The molecule has 2 aromatic carbocycles. The van der Waals surface area contributed by atoms with E-state index in [2.05, 4.69) is 21.3 Å². The van der Waals surface area contributed by atoms with Crippen molar-refractivity contribution >= 4 is 35.4 Å². The smallest absolute Gasteiger partial charge is 0.305 e. The Balaban J connectivity index is 1.97. The first-order chi connectivity index (χ1) is 18.1. The van der Waals surface area contributed by atoms with Crippen molar-refractivity contribution in [2.45, 2.75) is 38.3 Å². The fraction of sp³-hybridized carbons (Fsp3) is 0.308. The summed E-state index contributed by atoms with van der Waals surface area (Å²) in [4.78, 5) is 61.5. The molecule has 0 fully saturated rings. The Bertz CT molecular complexity index is 1150. The van der Waals surface area contributed by atoms with Crippen LogP contribution in [0.2, 0.25) is 0 Å². The predicted octanol–water partition coefficient (Wildman–Crippen LogP) is -0.0863. The van der Waals surface area contributed by atoms with Gasteiger partial charge in [-0.15, -0.1) is 0 Å². The maximum Gasteiger partial charge on any atom is 0.305 e. The number of carbonyl (C=O) groups is 5. The molecule has 2 rings (SSSR count). The van der Waals surface area contributed by atoms with E-state index in [9.17, 15) is 29.1 Å². The molecule has 0 heterocycles. The van der Waals surface area contributed by atoms with E-state index >= 15 is 0 Å². The first kappa shape index (κ1) is 29.5. The van der Waals surface area contributed by atoms with Crippen LogP contribution in [0.4, 0.5) is 0 Å². The number of likely N-dealkylation sites (N-methyl/N-ethyl adjacent to an activating group) is 1. The summed E-state index contributed by atoms with van der Waals surface area (Å²) in [5.41, 5.74) is 6.93. The number of carbonyl (C=O) groups excluding carboxylic acids is 4. The normalized spacial score (nSPS) is 11.9. The number of benzene rings is 2. The molecule has 0 spiro atoms. The van der Waals surface area contributed by atoms with Gasteiger partial charge in [-0.3, -0.25) is 29.4 Å². The molecule has 4 amide bonds. The summed E-state index contributed by atoms with van der Waals surface area (Å²) < 4.78 is 0. The van der Waals surface area contributed by atoms with Crippen molar-refractivity contribution in [3.8, 4) is 0 Å². The summed E-state index contributed by atoms with van der Waals surface area (Å²) in [5.74, 6) is -3.82. The topological polar surface area (TPSA) is 204 Å². The standard InChI is InChI=1S/C26H32N6O6/c1-2-29-25(37)19(14-16-6-4-3-5-7-16)32-26(38)20(15-22(34)35)31-21(33)12-13-30-24(36)18-10-8-17(9-11-18)23(27)28/h3-11,19-20H,2,12-15H2,1H3,(H3,27,28)(H,29,37)(H,30,36)(H,31,33)(H,32,38)(H,34,35)/t19-,20-/m0/s1. The summed E-state index contributed by atoms with van der Waals surface area (Å²) >= 11 is 0. The molecule has 0 aliphatic heterocycles.